The molecule has 2 heterocycles. The van der Waals surface area contributed by atoms with Gasteiger partial charge < -0.3 is 20.4 Å². The van der Waals surface area contributed by atoms with Crippen molar-refractivity contribution in [1.82, 2.24) is 14.9 Å². The topological polar surface area (TPSA) is 109 Å². The summed E-state index contributed by atoms with van der Waals surface area (Å²) in [6.07, 6.45) is 1.57. The molecule has 4 N–H and O–H groups in total. The Morgan fingerprint density at radius 3 is 2.64 bits per heavy atom. The maximum atomic E-state index is 12.5. The molecule has 0 bridgehead atoms. The molecule has 3 rings (SSSR count). The third kappa shape index (κ3) is 4.15. The molecule has 1 aromatic carbocycles. The van der Waals surface area contributed by atoms with Crippen LogP contribution in [-0.4, -0.2) is 21.2 Å². The number of nitrogens with zero attached hydrogens (tertiary/aromatic N) is 2. The van der Waals surface area contributed by atoms with Crippen molar-refractivity contribution in [1.29, 1.82) is 0 Å². The first-order valence-corrected chi connectivity index (χ1v) is 9.16. The normalized spacial score (nSPS) is 10.6. The van der Waals surface area contributed by atoms with E-state index in [1.54, 1.807) is 17.2 Å². The minimum atomic E-state index is -0.587. The van der Waals surface area contributed by atoms with Gasteiger partial charge in [-0.2, -0.15) is 0 Å². The highest BCUT2D eigenvalue weighted by Crippen LogP contribution is 2.18. The van der Waals surface area contributed by atoms with E-state index < -0.39 is 11.2 Å². The first-order chi connectivity index (χ1) is 13.5. The minimum Gasteiger partial charge on any atom is -0.467 e. The van der Waals surface area contributed by atoms with Gasteiger partial charge in [-0.05, 0) is 36.8 Å². The summed E-state index contributed by atoms with van der Waals surface area (Å²) in [6.45, 7) is 2.83. The number of hydrogen-bond acceptors (Lipinski definition) is 5. The number of aromatic nitrogens is 2. The number of nitrogens with two attached hydrogens (primary N) is 1. The van der Waals surface area contributed by atoms with Gasteiger partial charge in [0.15, 0.2) is 10.8 Å². The summed E-state index contributed by atoms with van der Waals surface area (Å²) in [6, 6.07) is 13.0. The molecule has 0 radical (unpaired) electrons. The molecule has 0 aliphatic heterocycles. The van der Waals surface area contributed by atoms with Gasteiger partial charge in [0.25, 0.3) is 5.56 Å². The quantitative estimate of drug-likeness (QED) is 0.541. The molecule has 9 heteroatoms. The first-order valence-electron chi connectivity index (χ1n) is 8.75. The number of aromatic amines is 1. The van der Waals surface area contributed by atoms with Crippen LogP contribution in [0.3, 0.4) is 0 Å². The number of thiocarbonyl (C=S) groups is 1. The Labute approximate surface area is 166 Å². The smallest absolute Gasteiger partial charge is 0.330 e. The molecule has 8 nitrogen and oxygen atoms in total. The Morgan fingerprint density at radius 2 is 2.00 bits per heavy atom. The molecular weight excluding hydrogens is 378 g/mol. The highest BCUT2D eigenvalue weighted by atomic mass is 32.1. The largest absolute Gasteiger partial charge is 0.467 e. The van der Waals surface area contributed by atoms with Gasteiger partial charge in [-0.15, -0.1) is 0 Å². The van der Waals surface area contributed by atoms with Crippen LogP contribution in [0.25, 0.3) is 0 Å². The summed E-state index contributed by atoms with van der Waals surface area (Å²) in [5.74, 6) is 0.760. The van der Waals surface area contributed by atoms with E-state index in [2.05, 4.69) is 10.3 Å². The maximum absolute atomic E-state index is 12.5. The lowest BCUT2D eigenvalue weighted by Crippen LogP contribution is -2.45. The number of nitrogens with one attached hydrogen (secondary N) is 2. The predicted molar refractivity (Wildman–Crippen MR) is 112 cm³/mol. The van der Waals surface area contributed by atoms with Gasteiger partial charge in [-0.3, -0.25) is 14.3 Å². The second kappa shape index (κ2) is 8.57. The predicted octanol–water partition coefficient (Wildman–Crippen LogP) is 1.66. The molecule has 0 atom stereocenters. The highest BCUT2D eigenvalue weighted by molar-refractivity contribution is 7.80. The van der Waals surface area contributed by atoms with Gasteiger partial charge in [0, 0.05) is 6.54 Å². The average molecular weight is 399 g/mol. The number of anilines is 2. The Kier molecular flexibility index (Phi) is 5.95. The van der Waals surface area contributed by atoms with Crippen molar-refractivity contribution in [2.45, 2.75) is 20.0 Å². The fourth-order valence-corrected chi connectivity index (χ4v) is 3.13. The van der Waals surface area contributed by atoms with Crippen LogP contribution in [0.2, 0.25) is 0 Å². The van der Waals surface area contributed by atoms with Crippen molar-refractivity contribution in [3.8, 4) is 0 Å². The number of furan rings is 1. The van der Waals surface area contributed by atoms with E-state index in [-0.39, 0.29) is 18.1 Å². The van der Waals surface area contributed by atoms with Crippen LogP contribution in [0.4, 0.5) is 11.5 Å². The van der Waals surface area contributed by atoms with Crippen LogP contribution in [0.5, 0.6) is 0 Å². The SMILES string of the molecule is CCN(C(=S)NCc1ccco1)c1c(N)n(Cc2ccccc2)c(=O)[nH]c1=O. The van der Waals surface area contributed by atoms with Crippen LogP contribution in [0.1, 0.15) is 18.2 Å². The van der Waals surface area contributed by atoms with E-state index in [9.17, 15) is 9.59 Å². The molecular formula is C19H21N5O3S. The van der Waals surface area contributed by atoms with Gasteiger partial charge in [0.1, 0.15) is 11.6 Å². The van der Waals surface area contributed by atoms with Crippen LogP contribution < -0.4 is 27.2 Å². The lowest BCUT2D eigenvalue weighted by atomic mass is 10.2. The van der Waals surface area contributed by atoms with Crippen LogP contribution in [0, 0.1) is 0 Å². The molecule has 0 unspecified atom stereocenters. The molecule has 0 saturated carbocycles. The van der Waals surface area contributed by atoms with Crippen LogP contribution >= 0.6 is 12.2 Å². The first kappa shape index (κ1) is 19.4. The lowest BCUT2D eigenvalue weighted by molar-refractivity contribution is 0.503. The van der Waals surface area contributed by atoms with Gasteiger partial charge in [-0.1, -0.05) is 30.3 Å². The Balaban J connectivity index is 1.92. The van der Waals surface area contributed by atoms with Gasteiger partial charge in [0.05, 0.1) is 19.4 Å². The number of rotatable bonds is 6. The fraction of sp³-hybridized carbons (Fsp3) is 0.211. The van der Waals surface area contributed by atoms with Crippen molar-refractivity contribution in [2.75, 3.05) is 17.2 Å². The summed E-state index contributed by atoms with van der Waals surface area (Å²) in [5, 5.41) is 3.35. The third-order valence-corrected chi connectivity index (χ3v) is 4.59. The Hall–Kier alpha value is -3.33. The molecule has 3 aromatic rings. The summed E-state index contributed by atoms with van der Waals surface area (Å²) in [7, 11) is 0. The van der Waals surface area contributed by atoms with Crippen molar-refractivity contribution < 1.29 is 4.42 Å². The molecule has 0 spiro atoms. The van der Waals surface area contributed by atoms with Crippen molar-refractivity contribution >= 4 is 28.8 Å². The zero-order valence-corrected chi connectivity index (χ0v) is 16.2. The summed E-state index contributed by atoms with van der Waals surface area (Å²) in [5.41, 5.74) is 6.10. The van der Waals surface area contributed by atoms with Crippen molar-refractivity contribution in [2.24, 2.45) is 0 Å². The van der Waals surface area contributed by atoms with E-state index in [4.69, 9.17) is 22.4 Å². The molecule has 146 valence electrons. The molecule has 0 saturated heterocycles. The van der Waals surface area contributed by atoms with Gasteiger partial charge >= 0.3 is 5.69 Å². The van der Waals surface area contributed by atoms with Crippen molar-refractivity contribution in [3.05, 3.63) is 80.9 Å². The molecule has 0 aliphatic rings. The zero-order valence-electron chi connectivity index (χ0n) is 15.3. The second-order valence-electron chi connectivity index (χ2n) is 6.05. The number of hydrogen-bond donors (Lipinski definition) is 3. The van der Waals surface area contributed by atoms with Gasteiger partial charge in [0.2, 0.25) is 0 Å². The summed E-state index contributed by atoms with van der Waals surface area (Å²) >= 11 is 5.43. The lowest BCUT2D eigenvalue weighted by Gasteiger charge is -2.25. The number of benzene rings is 1. The highest BCUT2D eigenvalue weighted by Gasteiger charge is 2.21. The number of nitrogen functional groups attached to an aromatic ring is 1. The standard InChI is InChI=1S/C19H21N5O3S/c1-2-23(19(28)21-11-14-9-6-10-27-14)15-16(20)24(18(26)22-17(15)25)12-13-7-4-3-5-8-13/h3-10H,2,11-12,20H2,1H3,(H,21,28)(H,22,25,26). The fourth-order valence-electron chi connectivity index (χ4n) is 2.84. The summed E-state index contributed by atoms with van der Waals surface area (Å²) < 4.78 is 6.60. The van der Waals surface area contributed by atoms with E-state index in [0.717, 1.165) is 5.56 Å². The van der Waals surface area contributed by atoms with E-state index in [0.29, 0.717) is 24.0 Å². The number of H-pyrrole nitrogens is 1. The monoisotopic (exact) mass is 399 g/mol. The third-order valence-electron chi connectivity index (χ3n) is 4.22. The molecule has 2 aromatic heterocycles. The van der Waals surface area contributed by atoms with Crippen molar-refractivity contribution in [3.63, 3.8) is 0 Å². The van der Waals surface area contributed by atoms with Gasteiger partial charge in [-0.25, -0.2) is 4.79 Å². The minimum absolute atomic E-state index is 0.0570. The van der Waals surface area contributed by atoms with Crippen LogP contribution in [0.15, 0.2) is 62.7 Å². The maximum Gasteiger partial charge on any atom is 0.330 e. The van der Waals surface area contributed by atoms with E-state index >= 15 is 0 Å². The van der Waals surface area contributed by atoms with E-state index in [1.165, 1.54) is 4.57 Å². The average Bonchev–Trinajstić information content (AvgIpc) is 3.21. The Morgan fingerprint density at radius 1 is 1.25 bits per heavy atom. The molecule has 28 heavy (non-hydrogen) atoms. The van der Waals surface area contributed by atoms with E-state index in [1.807, 2.05) is 43.3 Å². The second-order valence-corrected chi connectivity index (χ2v) is 6.43. The Bertz CT molecular complexity index is 1060. The molecule has 0 aliphatic carbocycles. The summed E-state index contributed by atoms with van der Waals surface area (Å²) in [4.78, 5) is 28.7. The van der Waals surface area contributed by atoms with Crippen LogP contribution in [-0.2, 0) is 13.1 Å². The molecule has 0 fully saturated rings. The molecule has 0 amide bonds. The zero-order chi connectivity index (χ0) is 20.1.